The summed E-state index contributed by atoms with van der Waals surface area (Å²) in [5, 5.41) is 7.48. The number of nitrogens with zero attached hydrogens (tertiary/aromatic N) is 2. The molecule has 0 unspecified atom stereocenters. The lowest BCUT2D eigenvalue weighted by Crippen LogP contribution is -2.35. The molecular formula is C16H23N3O. The van der Waals surface area contributed by atoms with Crippen LogP contribution in [0.2, 0.25) is 0 Å². The van der Waals surface area contributed by atoms with Crippen LogP contribution in [-0.4, -0.2) is 21.7 Å². The van der Waals surface area contributed by atoms with Crippen molar-refractivity contribution in [3.05, 3.63) is 29.1 Å². The number of allylic oxidation sites excluding steroid dienone is 1. The van der Waals surface area contributed by atoms with Gasteiger partial charge < -0.3 is 5.32 Å². The highest BCUT2D eigenvalue weighted by Gasteiger charge is 2.21. The van der Waals surface area contributed by atoms with Crippen molar-refractivity contribution in [2.24, 2.45) is 0 Å². The summed E-state index contributed by atoms with van der Waals surface area (Å²) in [7, 11) is 0. The molecule has 0 saturated heterocycles. The van der Waals surface area contributed by atoms with Gasteiger partial charge in [0.1, 0.15) is 0 Å². The fourth-order valence-corrected chi connectivity index (χ4v) is 3.23. The van der Waals surface area contributed by atoms with Crippen LogP contribution in [0, 0.1) is 0 Å². The van der Waals surface area contributed by atoms with Gasteiger partial charge in [-0.2, -0.15) is 5.10 Å². The third-order valence-electron chi connectivity index (χ3n) is 4.46. The van der Waals surface area contributed by atoms with E-state index < -0.39 is 0 Å². The van der Waals surface area contributed by atoms with Gasteiger partial charge in [-0.15, -0.1) is 0 Å². The van der Waals surface area contributed by atoms with Crippen LogP contribution in [0.4, 0.5) is 0 Å². The quantitative estimate of drug-likeness (QED) is 0.861. The second-order valence-electron chi connectivity index (χ2n) is 5.91. The molecule has 1 aliphatic carbocycles. The number of aryl methyl sites for hydroxylation is 1. The standard InChI is InChI=1S/C16H23N3O/c1-12(13-7-3-2-4-8-13)18-16(20)14-11-17-19-10-6-5-9-15(14)19/h7,11-12H,2-6,8-10H2,1H3,(H,18,20)/t12-/m0/s1. The molecule has 1 aliphatic heterocycles. The lowest BCUT2D eigenvalue weighted by molar-refractivity contribution is 0.0943. The van der Waals surface area contributed by atoms with Crippen LogP contribution in [0.3, 0.4) is 0 Å². The van der Waals surface area contributed by atoms with Crippen LogP contribution in [0.5, 0.6) is 0 Å². The Morgan fingerprint density at radius 2 is 2.15 bits per heavy atom. The average molecular weight is 273 g/mol. The molecule has 1 N–H and O–H groups in total. The lowest BCUT2D eigenvalue weighted by Gasteiger charge is -2.21. The van der Waals surface area contributed by atoms with Gasteiger partial charge in [0.25, 0.3) is 5.91 Å². The summed E-state index contributed by atoms with van der Waals surface area (Å²) >= 11 is 0. The summed E-state index contributed by atoms with van der Waals surface area (Å²) in [6.45, 7) is 3.04. The van der Waals surface area contributed by atoms with E-state index in [1.807, 2.05) is 4.68 Å². The van der Waals surface area contributed by atoms with E-state index in [9.17, 15) is 4.79 Å². The topological polar surface area (TPSA) is 46.9 Å². The van der Waals surface area contributed by atoms with Gasteiger partial charge in [0, 0.05) is 12.6 Å². The number of hydrogen-bond acceptors (Lipinski definition) is 2. The highest BCUT2D eigenvalue weighted by Crippen LogP contribution is 2.21. The number of fused-ring (bicyclic) bond motifs is 1. The second-order valence-corrected chi connectivity index (χ2v) is 5.91. The van der Waals surface area contributed by atoms with Gasteiger partial charge in [0.15, 0.2) is 0 Å². The van der Waals surface area contributed by atoms with Gasteiger partial charge in [-0.1, -0.05) is 11.6 Å². The number of amides is 1. The maximum absolute atomic E-state index is 12.4. The Balaban J connectivity index is 1.70. The van der Waals surface area contributed by atoms with Gasteiger partial charge in [-0.05, 0) is 51.9 Å². The molecule has 4 heteroatoms. The lowest BCUT2D eigenvalue weighted by atomic mass is 9.94. The predicted octanol–water partition coefficient (Wildman–Crippen LogP) is 2.84. The van der Waals surface area contributed by atoms with E-state index in [0.717, 1.165) is 43.5 Å². The van der Waals surface area contributed by atoms with E-state index in [2.05, 4.69) is 23.4 Å². The molecule has 0 fully saturated rings. The van der Waals surface area contributed by atoms with Gasteiger partial charge in [0.2, 0.25) is 0 Å². The number of rotatable bonds is 3. The van der Waals surface area contributed by atoms with Crippen molar-refractivity contribution in [1.29, 1.82) is 0 Å². The number of aromatic nitrogens is 2. The zero-order valence-corrected chi connectivity index (χ0v) is 12.2. The molecule has 0 radical (unpaired) electrons. The third kappa shape index (κ3) is 2.65. The molecule has 0 bridgehead atoms. The normalized spacial score (nSPS) is 19.9. The fourth-order valence-electron chi connectivity index (χ4n) is 3.23. The van der Waals surface area contributed by atoms with Crippen molar-refractivity contribution < 1.29 is 4.79 Å². The molecule has 2 heterocycles. The summed E-state index contributed by atoms with van der Waals surface area (Å²) in [6, 6.07) is 0.141. The van der Waals surface area contributed by atoms with Crippen LogP contribution in [0.15, 0.2) is 17.8 Å². The maximum Gasteiger partial charge on any atom is 0.255 e. The van der Waals surface area contributed by atoms with Gasteiger partial charge in [0.05, 0.1) is 17.5 Å². The van der Waals surface area contributed by atoms with Crippen molar-refractivity contribution >= 4 is 5.91 Å². The summed E-state index contributed by atoms with van der Waals surface area (Å²) in [5.41, 5.74) is 3.26. The zero-order valence-electron chi connectivity index (χ0n) is 12.2. The predicted molar refractivity (Wildman–Crippen MR) is 78.6 cm³/mol. The molecular weight excluding hydrogens is 250 g/mol. The Morgan fingerprint density at radius 3 is 2.95 bits per heavy atom. The Bertz CT molecular complexity index is 530. The second kappa shape index (κ2) is 5.81. The zero-order chi connectivity index (χ0) is 13.9. The Labute approximate surface area is 120 Å². The van der Waals surface area contributed by atoms with Gasteiger partial charge in [-0.25, -0.2) is 0 Å². The van der Waals surface area contributed by atoms with Gasteiger partial charge in [-0.3, -0.25) is 9.48 Å². The largest absolute Gasteiger partial charge is 0.346 e. The molecule has 3 rings (SSSR count). The van der Waals surface area contributed by atoms with Crippen molar-refractivity contribution in [1.82, 2.24) is 15.1 Å². The first kappa shape index (κ1) is 13.4. The van der Waals surface area contributed by atoms with Crippen molar-refractivity contribution in [3.63, 3.8) is 0 Å². The SMILES string of the molecule is C[C@H](NC(=O)c1cnn2c1CCCC2)C1=CCCCC1. The molecule has 0 saturated carbocycles. The summed E-state index contributed by atoms with van der Waals surface area (Å²) in [5.74, 6) is 0.0344. The molecule has 2 aliphatic rings. The van der Waals surface area contributed by atoms with Crippen molar-refractivity contribution in [2.45, 2.75) is 64.5 Å². The Kier molecular flexibility index (Phi) is 3.90. The van der Waals surface area contributed by atoms with Crippen LogP contribution in [-0.2, 0) is 13.0 Å². The fraction of sp³-hybridized carbons (Fsp3) is 0.625. The molecule has 4 nitrogen and oxygen atoms in total. The molecule has 1 aromatic heterocycles. The maximum atomic E-state index is 12.4. The Morgan fingerprint density at radius 1 is 1.30 bits per heavy atom. The summed E-state index contributed by atoms with van der Waals surface area (Å²) in [6.07, 6.45) is 12.1. The first-order chi connectivity index (χ1) is 9.75. The highest BCUT2D eigenvalue weighted by molar-refractivity contribution is 5.95. The molecule has 1 amide bonds. The van der Waals surface area contributed by atoms with Crippen molar-refractivity contribution in [3.8, 4) is 0 Å². The van der Waals surface area contributed by atoms with Crippen LogP contribution in [0.25, 0.3) is 0 Å². The van der Waals surface area contributed by atoms with E-state index in [4.69, 9.17) is 0 Å². The van der Waals surface area contributed by atoms with Crippen molar-refractivity contribution in [2.75, 3.05) is 0 Å². The van der Waals surface area contributed by atoms with Crippen LogP contribution < -0.4 is 5.32 Å². The minimum absolute atomic E-state index is 0.0344. The highest BCUT2D eigenvalue weighted by atomic mass is 16.1. The van der Waals surface area contributed by atoms with Gasteiger partial charge >= 0.3 is 0 Å². The molecule has 20 heavy (non-hydrogen) atoms. The first-order valence-electron chi connectivity index (χ1n) is 7.80. The van der Waals surface area contributed by atoms with E-state index >= 15 is 0 Å². The molecule has 1 aromatic rings. The van der Waals surface area contributed by atoms with Crippen LogP contribution >= 0.6 is 0 Å². The first-order valence-corrected chi connectivity index (χ1v) is 7.80. The summed E-state index contributed by atoms with van der Waals surface area (Å²) < 4.78 is 1.99. The molecule has 108 valence electrons. The monoisotopic (exact) mass is 273 g/mol. The van der Waals surface area contributed by atoms with Crippen LogP contribution in [0.1, 0.15) is 61.5 Å². The molecule has 0 aromatic carbocycles. The van der Waals surface area contributed by atoms with E-state index in [0.29, 0.717) is 0 Å². The number of hydrogen-bond donors (Lipinski definition) is 1. The molecule has 1 atom stereocenters. The van der Waals surface area contributed by atoms with E-state index in [1.54, 1.807) is 6.20 Å². The van der Waals surface area contributed by atoms with E-state index in [1.165, 1.54) is 24.8 Å². The average Bonchev–Trinajstić information content (AvgIpc) is 2.92. The third-order valence-corrected chi connectivity index (χ3v) is 4.46. The number of nitrogens with one attached hydrogen (secondary N) is 1. The summed E-state index contributed by atoms with van der Waals surface area (Å²) in [4.78, 5) is 12.4. The Hall–Kier alpha value is -1.58. The minimum atomic E-state index is 0.0344. The van der Waals surface area contributed by atoms with E-state index in [-0.39, 0.29) is 11.9 Å². The molecule has 0 spiro atoms. The number of carbonyl (C=O) groups excluding carboxylic acids is 1. The smallest absolute Gasteiger partial charge is 0.255 e. The number of carbonyl (C=O) groups is 1. The minimum Gasteiger partial charge on any atom is -0.346 e.